The molecule has 1 aliphatic heterocycles. The number of carbonyl (C=O) groups is 3. The molecule has 6 nitrogen and oxygen atoms in total. The average Bonchev–Trinajstić information content (AvgIpc) is 2.72. The molecule has 0 aliphatic carbocycles. The molecule has 0 radical (unpaired) electrons. The van der Waals surface area contributed by atoms with Crippen LogP contribution in [-0.2, 0) is 14.4 Å². The van der Waals surface area contributed by atoms with Crippen LogP contribution < -0.4 is 10.6 Å². The number of hydrogen-bond acceptors (Lipinski definition) is 3. The van der Waals surface area contributed by atoms with Crippen LogP contribution in [0.3, 0.4) is 0 Å². The highest BCUT2D eigenvalue weighted by molar-refractivity contribution is 5.91. The highest BCUT2D eigenvalue weighted by Crippen LogP contribution is 2.20. The largest absolute Gasteiger partial charge is 0.481 e. The monoisotopic (exact) mass is 242 g/mol. The standard InChI is InChI=1S/C11H18N2O4/c1-3-11(2,10(16)17)6-12-9(15)7-4-5-8(14)13-7/h7H,3-6H2,1-2H3,(H,12,15)(H,13,14)(H,16,17)/t7-,11?/m0/s1. The average molecular weight is 242 g/mol. The minimum absolute atomic E-state index is 0.0734. The molecule has 0 aromatic rings. The first-order valence-corrected chi connectivity index (χ1v) is 5.69. The Morgan fingerprint density at radius 2 is 2.24 bits per heavy atom. The number of nitrogens with one attached hydrogen (secondary N) is 2. The molecule has 2 atom stereocenters. The van der Waals surface area contributed by atoms with Crippen LogP contribution >= 0.6 is 0 Å². The van der Waals surface area contributed by atoms with Gasteiger partial charge in [-0.05, 0) is 19.8 Å². The summed E-state index contributed by atoms with van der Waals surface area (Å²) in [6, 6.07) is -0.516. The Hall–Kier alpha value is -1.59. The van der Waals surface area contributed by atoms with Crippen LogP contribution in [0.2, 0.25) is 0 Å². The number of aliphatic carboxylic acids is 1. The van der Waals surface area contributed by atoms with Gasteiger partial charge in [0.2, 0.25) is 11.8 Å². The van der Waals surface area contributed by atoms with Crippen LogP contribution in [-0.4, -0.2) is 35.5 Å². The van der Waals surface area contributed by atoms with Gasteiger partial charge in [0.05, 0.1) is 5.41 Å². The SMILES string of the molecule is CCC(C)(CNC(=O)[C@@H]1CCC(=O)N1)C(=O)O. The molecule has 6 heteroatoms. The normalized spacial score (nSPS) is 22.7. The summed E-state index contributed by atoms with van der Waals surface area (Å²) in [5.41, 5.74) is -0.960. The van der Waals surface area contributed by atoms with Crippen molar-refractivity contribution in [3.8, 4) is 0 Å². The number of carbonyl (C=O) groups excluding carboxylic acids is 2. The number of rotatable bonds is 5. The van der Waals surface area contributed by atoms with Crippen molar-refractivity contribution < 1.29 is 19.5 Å². The van der Waals surface area contributed by atoms with E-state index in [9.17, 15) is 14.4 Å². The molecule has 1 aliphatic rings. The summed E-state index contributed by atoms with van der Waals surface area (Å²) >= 11 is 0. The van der Waals surface area contributed by atoms with E-state index in [0.29, 0.717) is 19.3 Å². The van der Waals surface area contributed by atoms with Gasteiger partial charge < -0.3 is 15.7 Å². The van der Waals surface area contributed by atoms with Crippen molar-refractivity contribution in [2.45, 2.75) is 39.2 Å². The third-order valence-corrected chi connectivity index (χ3v) is 3.26. The molecule has 1 fully saturated rings. The van der Waals surface area contributed by atoms with Gasteiger partial charge >= 0.3 is 5.97 Å². The van der Waals surface area contributed by atoms with Crippen LogP contribution in [0, 0.1) is 5.41 Å². The second kappa shape index (κ2) is 5.16. The fourth-order valence-corrected chi connectivity index (χ4v) is 1.57. The molecular formula is C11H18N2O4. The zero-order chi connectivity index (χ0) is 13.1. The smallest absolute Gasteiger partial charge is 0.311 e. The maximum atomic E-state index is 11.7. The molecule has 1 heterocycles. The molecule has 0 bridgehead atoms. The molecule has 1 rings (SSSR count). The van der Waals surface area contributed by atoms with Gasteiger partial charge in [0.25, 0.3) is 0 Å². The summed E-state index contributed by atoms with van der Waals surface area (Å²) in [4.78, 5) is 33.6. The molecule has 0 aromatic carbocycles. The highest BCUT2D eigenvalue weighted by Gasteiger charge is 2.33. The predicted molar refractivity (Wildman–Crippen MR) is 60.2 cm³/mol. The van der Waals surface area contributed by atoms with Gasteiger partial charge in [-0.15, -0.1) is 0 Å². The summed E-state index contributed by atoms with van der Waals surface area (Å²) in [5.74, 6) is -1.38. The Bertz CT molecular complexity index is 342. The van der Waals surface area contributed by atoms with Crippen molar-refractivity contribution in [3.63, 3.8) is 0 Å². The Labute approximate surface area is 99.8 Å². The zero-order valence-corrected chi connectivity index (χ0v) is 10.1. The lowest BCUT2D eigenvalue weighted by Gasteiger charge is -2.24. The van der Waals surface area contributed by atoms with E-state index in [1.54, 1.807) is 13.8 Å². The second-order valence-electron chi connectivity index (χ2n) is 4.60. The molecule has 1 unspecified atom stereocenters. The Balaban J connectivity index is 2.47. The minimum Gasteiger partial charge on any atom is -0.481 e. The lowest BCUT2D eigenvalue weighted by atomic mass is 9.87. The van der Waals surface area contributed by atoms with Gasteiger partial charge in [0.15, 0.2) is 0 Å². The maximum Gasteiger partial charge on any atom is 0.311 e. The van der Waals surface area contributed by atoms with Crippen molar-refractivity contribution in [3.05, 3.63) is 0 Å². The van der Waals surface area contributed by atoms with E-state index in [2.05, 4.69) is 10.6 Å². The van der Waals surface area contributed by atoms with Crippen LogP contribution in [0.25, 0.3) is 0 Å². The topological polar surface area (TPSA) is 95.5 Å². The first-order valence-electron chi connectivity index (χ1n) is 5.69. The molecule has 0 aromatic heterocycles. The lowest BCUT2D eigenvalue weighted by molar-refractivity contribution is -0.148. The molecule has 0 saturated carbocycles. The third kappa shape index (κ3) is 3.18. The maximum absolute atomic E-state index is 11.7. The summed E-state index contributed by atoms with van der Waals surface area (Å²) in [6.45, 7) is 3.42. The highest BCUT2D eigenvalue weighted by atomic mass is 16.4. The van der Waals surface area contributed by atoms with Crippen LogP contribution in [0.1, 0.15) is 33.1 Å². The van der Waals surface area contributed by atoms with Gasteiger partial charge in [0, 0.05) is 13.0 Å². The van der Waals surface area contributed by atoms with Crippen LogP contribution in [0.15, 0.2) is 0 Å². The summed E-state index contributed by atoms with van der Waals surface area (Å²) < 4.78 is 0. The predicted octanol–water partition coefficient (Wildman–Crippen LogP) is -0.118. The molecule has 1 saturated heterocycles. The van der Waals surface area contributed by atoms with Crippen molar-refractivity contribution >= 4 is 17.8 Å². The summed E-state index contributed by atoms with van der Waals surface area (Å²) in [7, 11) is 0. The Kier molecular flexibility index (Phi) is 4.09. The summed E-state index contributed by atoms with van der Waals surface area (Å²) in [5, 5.41) is 14.2. The first-order chi connectivity index (χ1) is 7.89. The van der Waals surface area contributed by atoms with Gasteiger partial charge in [-0.2, -0.15) is 0 Å². The van der Waals surface area contributed by atoms with Crippen molar-refractivity contribution in [1.29, 1.82) is 0 Å². The van der Waals surface area contributed by atoms with Gasteiger partial charge in [-0.25, -0.2) is 0 Å². The number of hydrogen-bond donors (Lipinski definition) is 3. The number of amides is 2. The minimum atomic E-state index is -0.960. The van der Waals surface area contributed by atoms with E-state index in [0.717, 1.165) is 0 Å². The van der Waals surface area contributed by atoms with E-state index < -0.39 is 17.4 Å². The fraction of sp³-hybridized carbons (Fsp3) is 0.727. The number of carboxylic acids is 1. The first kappa shape index (κ1) is 13.5. The molecule has 2 amide bonds. The molecular weight excluding hydrogens is 224 g/mol. The van der Waals surface area contributed by atoms with E-state index >= 15 is 0 Å². The van der Waals surface area contributed by atoms with Gasteiger partial charge in [0.1, 0.15) is 6.04 Å². The molecule has 17 heavy (non-hydrogen) atoms. The van der Waals surface area contributed by atoms with Crippen molar-refractivity contribution in [2.75, 3.05) is 6.54 Å². The molecule has 96 valence electrons. The molecule has 3 N–H and O–H groups in total. The van der Waals surface area contributed by atoms with Crippen molar-refractivity contribution in [2.24, 2.45) is 5.41 Å². The van der Waals surface area contributed by atoms with E-state index in [1.165, 1.54) is 0 Å². The fourth-order valence-electron chi connectivity index (χ4n) is 1.57. The van der Waals surface area contributed by atoms with E-state index in [4.69, 9.17) is 5.11 Å². The Morgan fingerprint density at radius 3 is 2.65 bits per heavy atom. The number of carboxylic acid groups (broad SMARTS) is 1. The molecule has 0 spiro atoms. The summed E-state index contributed by atoms with van der Waals surface area (Å²) in [6.07, 6.45) is 1.25. The zero-order valence-electron chi connectivity index (χ0n) is 10.1. The van der Waals surface area contributed by atoms with E-state index in [-0.39, 0.29) is 18.4 Å². The van der Waals surface area contributed by atoms with Gasteiger partial charge in [-0.1, -0.05) is 6.92 Å². The Morgan fingerprint density at radius 1 is 1.59 bits per heavy atom. The van der Waals surface area contributed by atoms with Crippen LogP contribution in [0.5, 0.6) is 0 Å². The van der Waals surface area contributed by atoms with Crippen molar-refractivity contribution in [1.82, 2.24) is 10.6 Å². The quantitative estimate of drug-likeness (QED) is 0.626. The van der Waals surface area contributed by atoms with Gasteiger partial charge in [-0.3, -0.25) is 14.4 Å². The third-order valence-electron chi connectivity index (χ3n) is 3.26. The van der Waals surface area contributed by atoms with Crippen LogP contribution in [0.4, 0.5) is 0 Å². The second-order valence-corrected chi connectivity index (χ2v) is 4.60. The lowest BCUT2D eigenvalue weighted by Crippen LogP contribution is -2.47. The van der Waals surface area contributed by atoms with E-state index in [1.807, 2.05) is 0 Å².